The third-order valence-corrected chi connectivity index (χ3v) is 4.59. The zero-order valence-electron chi connectivity index (χ0n) is 13.3. The van der Waals surface area contributed by atoms with Gasteiger partial charge in [-0.3, -0.25) is 4.79 Å². The fourth-order valence-electron chi connectivity index (χ4n) is 2.26. The molecule has 1 unspecified atom stereocenters. The van der Waals surface area contributed by atoms with Crippen LogP contribution in [0.5, 0.6) is 0 Å². The van der Waals surface area contributed by atoms with Gasteiger partial charge in [-0.05, 0) is 35.0 Å². The van der Waals surface area contributed by atoms with Crippen molar-refractivity contribution in [1.29, 1.82) is 0 Å². The van der Waals surface area contributed by atoms with E-state index in [9.17, 15) is 13.6 Å². The normalized spacial score (nSPS) is 12.1. The smallest absolute Gasteiger partial charge is 0.210 e. The second kappa shape index (κ2) is 7.52. The number of benzene rings is 2. The van der Waals surface area contributed by atoms with Crippen LogP contribution in [0.4, 0.5) is 8.78 Å². The van der Waals surface area contributed by atoms with Gasteiger partial charge >= 0.3 is 0 Å². The number of ketones is 1. The summed E-state index contributed by atoms with van der Waals surface area (Å²) in [4.78, 5) is 12.4. The van der Waals surface area contributed by atoms with Crippen LogP contribution < -0.4 is 0 Å². The van der Waals surface area contributed by atoms with E-state index >= 15 is 0 Å². The number of tetrazole rings is 1. The molecule has 1 heterocycles. The molecule has 3 rings (SSSR count). The summed E-state index contributed by atoms with van der Waals surface area (Å²) >= 11 is 1.13. The fraction of sp³-hybridized carbons (Fsp3) is 0.176. The average molecular weight is 360 g/mol. The molecule has 0 saturated carbocycles. The molecular formula is C17H14F2N4OS. The van der Waals surface area contributed by atoms with E-state index in [0.717, 1.165) is 29.5 Å². The minimum Gasteiger partial charge on any atom is -0.293 e. The van der Waals surface area contributed by atoms with Crippen LogP contribution in [0.15, 0.2) is 53.7 Å². The first-order valence-corrected chi connectivity index (χ1v) is 8.38. The number of thioether (sulfide) groups is 1. The highest BCUT2D eigenvalue weighted by Crippen LogP contribution is 2.25. The van der Waals surface area contributed by atoms with Crippen LogP contribution in [-0.2, 0) is 6.54 Å². The topological polar surface area (TPSA) is 60.7 Å². The lowest BCUT2D eigenvalue weighted by atomic mass is 10.1. The van der Waals surface area contributed by atoms with Crippen LogP contribution >= 0.6 is 11.8 Å². The number of carbonyl (C=O) groups is 1. The van der Waals surface area contributed by atoms with Crippen LogP contribution in [0.3, 0.4) is 0 Å². The molecule has 0 aliphatic carbocycles. The van der Waals surface area contributed by atoms with Gasteiger partial charge in [0, 0.05) is 6.07 Å². The van der Waals surface area contributed by atoms with Crippen LogP contribution in [0.1, 0.15) is 22.8 Å². The predicted octanol–water partition coefficient (Wildman–Crippen LogP) is 3.36. The molecule has 0 amide bonds. The van der Waals surface area contributed by atoms with Crippen molar-refractivity contribution in [3.05, 3.63) is 71.3 Å². The third-order valence-electron chi connectivity index (χ3n) is 3.52. The van der Waals surface area contributed by atoms with E-state index < -0.39 is 22.7 Å². The zero-order valence-corrected chi connectivity index (χ0v) is 14.1. The number of nitrogens with zero attached hydrogens (tertiary/aromatic N) is 4. The number of hydrogen-bond acceptors (Lipinski definition) is 5. The third kappa shape index (κ3) is 4.08. The van der Waals surface area contributed by atoms with Crippen molar-refractivity contribution >= 4 is 17.5 Å². The maximum absolute atomic E-state index is 13.8. The SMILES string of the molecule is CC(Sc1nnnn1Cc1ccccc1)C(=O)c1ccc(F)cc1F. The maximum atomic E-state index is 13.8. The van der Waals surface area contributed by atoms with Crippen molar-refractivity contribution in [2.75, 3.05) is 0 Å². The van der Waals surface area contributed by atoms with Crippen molar-refractivity contribution in [2.45, 2.75) is 23.9 Å². The summed E-state index contributed by atoms with van der Waals surface area (Å²) in [6.45, 7) is 2.10. The van der Waals surface area contributed by atoms with Gasteiger partial charge in [0.15, 0.2) is 5.78 Å². The Morgan fingerprint density at radius 3 is 2.68 bits per heavy atom. The van der Waals surface area contributed by atoms with Gasteiger partial charge in [0.25, 0.3) is 0 Å². The van der Waals surface area contributed by atoms with E-state index in [2.05, 4.69) is 15.5 Å². The Hall–Kier alpha value is -2.61. The van der Waals surface area contributed by atoms with Gasteiger partial charge < -0.3 is 0 Å². The Morgan fingerprint density at radius 2 is 1.96 bits per heavy atom. The molecule has 0 aliphatic heterocycles. The van der Waals surface area contributed by atoms with Crippen LogP contribution in [-0.4, -0.2) is 31.2 Å². The van der Waals surface area contributed by atoms with Crippen molar-refractivity contribution < 1.29 is 13.6 Å². The molecule has 0 saturated heterocycles. The van der Waals surface area contributed by atoms with Gasteiger partial charge in [0.05, 0.1) is 17.4 Å². The van der Waals surface area contributed by atoms with Crippen LogP contribution in [0, 0.1) is 11.6 Å². The van der Waals surface area contributed by atoms with Gasteiger partial charge in [-0.15, -0.1) is 5.10 Å². The number of aromatic nitrogens is 4. The van der Waals surface area contributed by atoms with Crippen LogP contribution in [0.2, 0.25) is 0 Å². The largest absolute Gasteiger partial charge is 0.293 e. The van der Waals surface area contributed by atoms with E-state index in [0.29, 0.717) is 17.8 Å². The highest BCUT2D eigenvalue weighted by Gasteiger charge is 2.22. The molecule has 8 heteroatoms. The van der Waals surface area contributed by atoms with E-state index in [-0.39, 0.29) is 5.56 Å². The van der Waals surface area contributed by atoms with E-state index in [1.165, 1.54) is 0 Å². The van der Waals surface area contributed by atoms with Crippen molar-refractivity contribution in [2.24, 2.45) is 0 Å². The minimum atomic E-state index is -0.874. The first kappa shape index (κ1) is 17.2. The van der Waals surface area contributed by atoms with Crippen molar-refractivity contribution in [3.63, 3.8) is 0 Å². The first-order valence-electron chi connectivity index (χ1n) is 7.50. The average Bonchev–Trinajstić information content (AvgIpc) is 3.02. The minimum absolute atomic E-state index is 0.150. The lowest BCUT2D eigenvalue weighted by Crippen LogP contribution is -2.16. The summed E-state index contributed by atoms with van der Waals surface area (Å²) < 4.78 is 28.4. The molecule has 0 bridgehead atoms. The van der Waals surface area contributed by atoms with Gasteiger partial charge in [-0.1, -0.05) is 42.1 Å². The van der Waals surface area contributed by atoms with Gasteiger partial charge in [-0.25, -0.2) is 13.5 Å². The highest BCUT2D eigenvalue weighted by atomic mass is 32.2. The Labute approximate surface area is 147 Å². The number of rotatable bonds is 6. The molecule has 0 fully saturated rings. The predicted molar refractivity (Wildman–Crippen MR) is 89.4 cm³/mol. The first-order chi connectivity index (χ1) is 12.0. The molecule has 2 aromatic carbocycles. The molecule has 25 heavy (non-hydrogen) atoms. The summed E-state index contributed by atoms with van der Waals surface area (Å²) in [5, 5.41) is 11.3. The van der Waals surface area contributed by atoms with Crippen molar-refractivity contribution in [3.8, 4) is 0 Å². The fourth-order valence-corrected chi connectivity index (χ4v) is 3.11. The summed E-state index contributed by atoms with van der Waals surface area (Å²) in [6.07, 6.45) is 0. The number of Topliss-reactive ketones (excluding diaryl/α,β-unsaturated/α-hetero) is 1. The van der Waals surface area contributed by atoms with E-state index in [4.69, 9.17) is 0 Å². The van der Waals surface area contributed by atoms with Gasteiger partial charge in [-0.2, -0.15) is 0 Å². The standard InChI is InChI=1S/C17H14F2N4OS/c1-11(16(24)14-8-7-13(18)9-15(14)19)25-17-20-21-22-23(17)10-12-5-3-2-4-6-12/h2-9,11H,10H2,1H3. The molecule has 0 radical (unpaired) electrons. The van der Waals surface area contributed by atoms with E-state index in [1.54, 1.807) is 11.6 Å². The van der Waals surface area contributed by atoms with Crippen LogP contribution in [0.25, 0.3) is 0 Å². The summed E-state index contributed by atoms with van der Waals surface area (Å²) in [5.41, 5.74) is 0.865. The Bertz CT molecular complexity index is 885. The Morgan fingerprint density at radius 1 is 1.20 bits per heavy atom. The number of hydrogen-bond donors (Lipinski definition) is 0. The Kier molecular flexibility index (Phi) is 5.18. The molecule has 3 aromatic rings. The second-order valence-corrected chi connectivity index (χ2v) is 6.66. The molecule has 0 N–H and O–H groups in total. The highest BCUT2D eigenvalue weighted by molar-refractivity contribution is 8.00. The molecule has 5 nitrogen and oxygen atoms in total. The lowest BCUT2D eigenvalue weighted by Gasteiger charge is -2.11. The zero-order chi connectivity index (χ0) is 17.8. The monoisotopic (exact) mass is 360 g/mol. The summed E-state index contributed by atoms with van der Waals surface area (Å²) in [5.74, 6) is -2.04. The van der Waals surface area contributed by atoms with Gasteiger partial charge in [0.2, 0.25) is 5.16 Å². The molecule has 128 valence electrons. The second-order valence-electron chi connectivity index (χ2n) is 5.35. The number of carbonyl (C=O) groups excluding carboxylic acids is 1. The lowest BCUT2D eigenvalue weighted by molar-refractivity contribution is 0.0990. The maximum Gasteiger partial charge on any atom is 0.210 e. The summed E-state index contributed by atoms with van der Waals surface area (Å²) in [6, 6.07) is 12.5. The van der Waals surface area contributed by atoms with Gasteiger partial charge in [0.1, 0.15) is 11.6 Å². The molecule has 1 aromatic heterocycles. The molecular weight excluding hydrogens is 346 g/mol. The number of halogens is 2. The Balaban J connectivity index is 1.74. The van der Waals surface area contributed by atoms with Crippen molar-refractivity contribution in [1.82, 2.24) is 20.2 Å². The van der Waals surface area contributed by atoms with E-state index in [1.807, 2.05) is 30.3 Å². The summed E-state index contributed by atoms with van der Waals surface area (Å²) in [7, 11) is 0. The molecule has 0 spiro atoms. The quantitative estimate of drug-likeness (QED) is 0.498. The molecule has 1 atom stereocenters. The molecule has 0 aliphatic rings.